The summed E-state index contributed by atoms with van der Waals surface area (Å²) in [5.74, 6) is 0.444. The monoisotopic (exact) mass is 500 g/mol. The Kier molecular flexibility index (Phi) is 5.58. The zero-order valence-electron chi connectivity index (χ0n) is 19.1. The highest BCUT2D eigenvalue weighted by Crippen LogP contribution is 2.42. The number of rotatable bonds is 6. The lowest BCUT2D eigenvalue weighted by Crippen LogP contribution is -2.30. The molecule has 0 amide bonds. The molecule has 6 nitrogen and oxygen atoms in total. The minimum atomic E-state index is -5.52. The van der Waals surface area contributed by atoms with Crippen LogP contribution in [0.3, 0.4) is 0 Å². The van der Waals surface area contributed by atoms with Crippen molar-refractivity contribution >= 4 is 21.4 Å². The van der Waals surface area contributed by atoms with Gasteiger partial charge < -0.3 is 0 Å². The van der Waals surface area contributed by atoms with Crippen molar-refractivity contribution in [3.05, 3.63) is 82.8 Å². The average Bonchev–Trinajstić information content (AvgIpc) is 3.57. The molecule has 182 valence electrons. The fraction of sp³-hybridized carbons (Fsp3) is 0.280. The second kappa shape index (κ2) is 8.37. The summed E-state index contributed by atoms with van der Waals surface area (Å²) in [7, 11) is -5.52. The van der Waals surface area contributed by atoms with Gasteiger partial charge in [0.15, 0.2) is 5.65 Å². The van der Waals surface area contributed by atoms with Gasteiger partial charge in [-0.2, -0.15) is 26.7 Å². The van der Waals surface area contributed by atoms with Crippen molar-refractivity contribution in [2.24, 2.45) is 0 Å². The first-order valence-corrected chi connectivity index (χ1v) is 12.6. The van der Waals surface area contributed by atoms with Crippen molar-refractivity contribution in [2.75, 3.05) is 4.72 Å². The van der Waals surface area contributed by atoms with E-state index in [0.717, 1.165) is 46.7 Å². The van der Waals surface area contributed by atoms with Gasteiger partial charge in [0.2, 0.25) is 0 Å². The standard InChI is InChI=1S/C25H23F3N4O2S/c1-15-13-16(2)32-24(29-15)21(23(30-32)19-11-12-19)14-17-7-9-18(10-8-17)20-5-3-4-6-22(20)31-35(33,34)25(26,27)28/h3-10,13,19,31H,11-12,14H2,1-2H3. The van der Waals surface area contributed by atoms with Crippen molar-refractivity contribution in [3.8, 4) is 11.1 Å². The van der Waals surface area contributed by atoms with E-state index in [9.17, 15) is 21.6 Å². The van der Waals surface area contributed by atoms with Crippen LogP contribution in [0.15, 0.2) is 54.6 Å². The van der Waals surface area contributed by atoms with Gasteiger partial charge in [-0.05, 0) is 49.9 Å². The van der Waals surface area contributed by atoms with E-state index < -0.39 is 15.5 Å². The van der Waals surface area contributed by atoms with E-state index in [-0.39, 0.29) is 5.69 Å². The molecule has 1 aliphatic rings. The summed E-state index contributed by atoms with van der Waals surface area (Å²) in [5, 5.41) is 4.84. The lowest BCUT2D eigenvalue weighted by Gasteiger charge is -2.14. The van der Waals surface area contributed by atoms with Crippen molar-refractivity contribution in [1.29, 1.82) is 0 Å². The van der Waals surface area contributed by atoms with E-state index >= 15 is 0 Å². The van der Waals surface area contributed by atoms with Gasteiger partial charge in [-0.3, -0.25) is 4.72 Å². The molecule has 2 aromatic heterocycles. The lowest BCUT2D eigenvalue weighted by molar-refractivity contribution is -0.0429. The molecule has 35 heavy (non-hydrogen) atoms. The number of aromatic nitrogens is 3. The Morgan fingerprint density at radius 3 is 2.40 bits per heavy atom. The predicted molar refractivity (Wildman–Crippen MR) is 128 cm³/mol. The summed E-state index contributed by atoms with van der Waals surface area (Å²) in [4.78, 5) is 4.74. The third-order valence-electron chi connectivity index (χ3n) is 6.11. The predicted octanol–water partition coefficient (Wildman–Crippen LogP) is 5.74. The first kappa shape index (κ1) is 23.3. The van der Waals surface area contributed by atoms with Crippen molar-refractivity contribution in [1.82, 2.24) is 14.6 Å². The van der Waals surface area contributed by atoms with Crippen molar-refractivity contribution < 1.29 is 21.6 Å². The molecule has 1 aliphatic carbocycles. The second-order valence-corrected chi connectivity index (χ2v) is 10.6. The van der Waals surface area contributed by atoms with Crippen molar-refractivity contribution in [3.63, 3.8) is 0 Å². The van der Waals surface area contributed by atoms with Gasteiger partial charge in [0.25, 0.3) is 0 Å². The lowest BCUT2D eigenvalue weighted by atomic mass is 9.98. The van der Waals surface area contributed by atoms with E-state index in [1.165, 1.54) is 12.1 Å². The maximum absolute atomic E-state index is 12.9. The SMILES string of the molecule is Cc1cc(C)n2nc(C3CC3)c(Cc3ccc(-c4ccccc4NS(=O)(=O)C(F)(F)F)cc3)c2n1. The number of hydrogen-bond donors (Lipinski definition) is 1. The van der Waals surface area contributed by atoms with Crippen LogP contribution in [-0.4, -0.2) is 28.5 Å². The Balaban J connectivity index is 1.47. The summed E-state index contributed by atoms with van der Waals surface area (Å²) in [6.45, 7) is 3.97. The second-order valence-electron chi connectivity index (χ2n) is 8.88. The molecule has 1 saturated carbocycles. The molecule has 0 aliphatic heterocycles. The van der Waals surface area contributed by atoms with Crippen molar-refractivity contribution in [2.45, 2.75) is 44.5 Å². The zero-order valence-corrected chi connectivity index (χ0v) is 19.9. The Morgan fingerprint density at radius 1 is 1.06 bits per heavy atom. The van der Waals surface area contributed by atoms with E-state index in [4.69, 9.17) is 10.1 Å². The molecule has 10 heteroatoms. The van der Waals surface area contributed by atoms with E-state index in [1.54, 1.807) is 29.0 Å². The molecule has 0 radical (unpaired) electrons. The Hall–Kier alpha value is -3.40. The van der Waals surface area contributed by atoms with Crippen LogP contribution in [0.2, 0.25) is 0 Å². The third kappa shape index (κ3) is 4.50. The van der Waals surface area contributed by atoms with E-state index in [2.05, 4.69) is 0 Å². The number of hydrogen-bond acceptors (Lipinski definition) is 4. The number of nitrogens with one attached hydrogen (secondary N) is 1. The summed E-state index contributed by atoms with van der Waals surface area (Å²) in [6.07, 6.45) is 2.84. The largest absolute Gasteiger partial charge is 0.516 e. The number of alkyl halides is 3. The summed E-state index contributed by atoms with van der Waals surface area (Å²) in [6, 6.07) is 15.4. The van der Waals surface area contributed by atoms with Crippen LogP contribution in [-0.2, 0) is 16.4 Å². The number of fused-ring (bicyclic) bond motifs is 1. The Labute approximate surface area is 200 Å². The number of benzene rings is 2. The smallest absolute Gasteiger partial charge is 0.275 e. The van der Waals surface area contributed by atoms with Crippen LogP contribution in [0.4, 0.5) is 18.9 Å². The van der Waals surface area contributed by atoms with Gasteiger partial charge in [0.05, 0.1) is 11.4 Å². The molecule has 1 N–H and O–H groups in total. The van der Waals surface area contributed by atoms with Gasteiger partial charge >= 0.3 is 15.5 Å². The molecule has 1 fully saturated rings. The van der Waals surface area contributed by atoms with Gasteiger partial charge in [-0.25, -0.2) is 9.50 Å². The quantitative estimate of drug-likeness (QED) is 0.366. The molecule has 0 spiro atoms. The summed E-state index contributed by atoms with van der Waals surface area (Å²) in [5.41, 5.74) is 1.37. The van der Waals surface area contributed by atoms with Gasteiger partial charge in [0, 0.05) is 34.9 Å². The van der Waals surface area contributed by atoms with E-state index in [0.29, 0.717) is 23.5 Å². The third-order valence-corrected chi connectivity index (χ3v) is 7.21. The Bertz CT molecular complexity index is 1520. The number of halogens is 3. The first-order chi connectivity index (χ1) is 16.5. The highest BCUT2D eigenvalue weighted by Gasteiger charge is 2.46. The molecular weight excluding hydrogens is 477 g/mol. The molecule has 2 aromatic carbocycles. The molecule has 0 unspecified atom stereocenters. The molecular formula is C25H23F3N4O2S. The molecule has 0 bridgehead atoms. The van der Waals surface area contributed by atoms with Crippen LogP contribution in [0.25, 0.3) is 16.8 Å². The normalized spacial score (nSPS) is 14.4. The Morgan fingerprint density at radius 2 is 1.74 bits per heavy atom. The summed E-state index contributed by atoms with van der Waals surface area (Å²) < 4.78 is 65.5. The fourth-order valence-electron chi connectivity index (χ4n) is 4.27. The van der Waals surface area contributed by atoms with Crippen LogP contribution < -0.4 is 4.72 Å². The number of anilines is 1. The molecule has 4 aromatic rings. The summed E-state index contributed by atoms with van der Waals surface area (Å²) >= 11 is 0. The number of aryl methyl sites for hydroxylation is 2. The highest BCUT2D eigenvalue weighted by molar-refractivity contribution is 7.93. The molecule has 0 atom stereocenters. The minimum Gasteiger partial charge on any atom is -0.275 e. The van der Waals surface area contributed by atoms with Crippen LogP contribution >= 0.6 is 0 Å². The maximum atomic E-state index is 12.9. The topological polar surface area (TPSA) is 76.4 Å². The van der Waals surface area contributed by atoms with Gasteiger partial charge in [0.1, 0.15) is 0 Å². The van der Waals surface area contributed by atoms with Gasteiger partial charge in [-0.1, -0.05) is 42.5 Å². The average molecular weight is 501 g/mol. The minimum absolute atomic E-state index is 0.133. The van der Waals surface area contributed by atoms with E-state index in [1.807, 2.05) is 36.6 Å². The number of nitrogens with zero attached hydrogens (tertiary/aromatic N) is 3. The van der Waals surface area contributed by atoms with Crippen LogP contribution in [0.5, 0.6) is 0 Å². The first-order valence-electron chi connectivity index (χ1n) is 11.2. The maximum Gasteiger partial charge on any atom is 0.516 e. The van der Waals surface area contributed by atoms with Crippen LogP contribution in [0, 0.1) is 13.8 Å². The molecule has 5 rings (SSSR count). The number of para-hydroxylation sites is 1. The fourth-order valence-corrected chi connectivity index (χ4v) is 4.85. The number of sulfonamides is 1. The van der Waals surface area contributed by atoms with Crippen LogP contribution in [0.1, 0.15) is 47.0 Å². The van der Waals surface area contributed by atoms with Gasteiger partial charge in [-0.15, -0.1) is 0 Å². The zero-order chi connectivity index (χ0) is 25.0. The molecule has 2 heterocycles. The molecule has 0 saturated heterocycles. The highest BCUT2D eigenvalue weighted by atomic mass is 32.2.